The molecule has 0 fully saturated rings. The normalized spacial score (nSPS) is 11.3. The van der Waals surface area contributed by atoms with Crippen molar-refractivity contribution in [2.45, 2.75) is 18.4 Å². The monoisotopic (exact) mass is 385 g/mol. The van der Waals surface area contributed by atoms with E-state index in [0.29, 0.717) is 17.8 Å². The maximum absolute atomic E-state index is 12.4. The SMILES string of the molecule is CNS(=O)(=O)c1cc(NC(=O)c2cn(Cc3ccccc3)nn2)ccc1C. The zero-order valence-electron chi connectivity index (χ0n) is 14.9. The molecule has 1 amide bonds. The molecule has 0 atom stereocenters. The number of aromatic nitrogens is 3. The molecule has 1 aromatic heterocycles. The van der Waals surface area contributed by atoms with E-state index >= 15 is 0 Å². The number of hydrogen-bond donors (Lipinski definition) is 2. The highest BCUT2D eigenvalue weighted by molar-refractivity contribution is 7.89. The number of benzene rings is 2. The molecule has 0 unspecified atom stereocenters. The Morgan fingerprint density at radius 1 is 1.15 bits per heavy atom. The fourth-order valence-corrected chi connectivity index (χ4v) is 3.52. The number of hydrogen-bond acceptors (Lipinski definition) is 5. The summed E-state index contributed by atoms with van der Waals surface area (Å²) in [6, 6.07) is 14.4. The van der Waals surface area contributed by atoms with Crippen LogP contribution in [0.3, 0.4) is 0 Å². The molecule has 3 rings (SSSR count). The molecule has 8 nitrogen and oxygen atoms in total. The zero-order chi connectivity index (χ0) is 19.4. The molecule has 0 aliphatic heterocycles. The number of nitrogens with one attached hydrogen (secondary N) is 2. The van der Waals surface area contributed by atoms with E-state index in [1.807, 2.05) is 30.3 Å². The molecule has 0 aliphatic rings. The number of amides is 1. The Balaban J connectivity index is 1.75. The highest BCUT2D eigenvalue weighted by Gasteiger charge is 2.17. The Morgan fingerprint density at radius 2 is 1.89 bits per heavy atom. The van der Waals surface area contributed by atoms with Crippen molar-refractivity contribution in [3.05, 3.63) is 71.5 Å². The molecule has 0 spiro atoms. The Labute approximate surface area is 157 Å². The van der Waals surface area contributed by atoms with E-state index in [4.69, 9.17) is 0 Å². The van der Waals surface area contributed by atoms with Crippen LogP contribution in [0.5, 0.6) is 0 Å². The molecule has 0 saturated carbocycles. The molecule has 2 aromatic carbocycles. The number of carbonyl (C=O) groups is 1. The van der Waals surface area contributed by atoms with Gasteiger partial charge in [0.1, 0.15) is 0 Å². The van der Waals surface area contributed by atoms with Crippen molar-refractivity contribution in [2.75, 3.05) is 12.4 Å². The maximum atomic E-state index is 12.4. The molecule has 0 radical (unpaired) electrons. The maximum Gasteiger partial charge on any atom is 0.277 e. The van der Waals surface area contributed by atoms with Crippen LogP contribution < -0.4 is 10.0 Å². The van der Waals surface area contributed by atoms with E-state index in [9.17, 15) is 13.2 Å². The van der Waals surface area contributed by atoms with Gasteiger partial charge in [0, 0.05) is 5.69 Å². The standard InChI is InChI=1S/C18H19N5O3S/c1-13-8-9-15(10-17(13)27(25,26)19-2)20-18(24)16-12-23(22-21-16)11-14-6-4-3-5-7-14/h3-10,12,19H,11H2,1-2H3,(H,20,24). The summed E-state index contributed by atoms with van der Waals surface area (Å²) in [5.74, 6) is -0.467. The molecule has 0 aliphatic carbocycles. The van der Waals surface area contributed by atoms with Gasteiger partial charge in [-0.25, -0.2) is 17.8 Å². The molecule has 3 aromatic rings. The van der Waals surface area contributed by atoms with Crippen molar-refractivity contribution in [1.82, 2.24) is 19.7 Å². The molecular weight excluding hydrogens is 366 g/mol. The van der Waals surface area contributed by atoms with Gasteiger partial charge in [-0.05, 0) is 37.2 Å². The predicted octanol–water partition coefficient (Wildman–Crippen LogP) is 1.80. The minimum atomic E-state index is -3.62. The number of rotatable bonds is 6. The Bertz CT molecular complexity index is 1060. The van der Waals surface area contributed by atoms with Crippen LogP contribution in [0.1, 0.15) is 21.6 Å². The molecule has 0 saturated heterocycles. The summed E-state index contributed by atoms with van der Waals surface area (Å²) in [5.41, 5.74) is 2.12. The first-order valence-corrected chi connectivity index (χ1v) is 9.67. The Hall–Kier alpha value is -3.04. The average molecular weight is 385 g/mol. The fraction of sp³-hybridized carbons (Fsp3) is 0.167. The van der Waals surface area contributed by atoms with Crippen molar-refractivity contribution in [3.63, 3.8) is 0 Å². The third-order valence-electron chi connectivity index (χ3n) is 3.96. The van der Waals surface area contributed by atoms with Crippen LogP contribution in [-0.4, -0.2) is 36.4 Å². The molecule has 27 heavy (non-hydrogen) atoms. The smallest absolute Gasteiger partial charge is 0.277 e. The second kappa shape index (κ2) is 7.68. The minimum absolute atomic E-state index is 0.107. The summed E-state index contributed by atoms with van der Waals surface area (Å²) in [5, 5.41) is 10.5. The summed E-state index contributed by atoms with van der Waals surface area (Å²) >= 11 is 0. The first-order chi connectivity index (χ1) is 12.9. The summed E-state index contributed by atoms with van der Waals surface area (Å²) in [6.07, 6.45) is 1.54. The number of anilines is 1. The largest absolute Gasteiger partial charge is 0.321 e. The molecule has 2 N–H and O–H groups in total. The zero-order valence-corrected chi connectivity index (χ0v) is 15.7. The van der Waals surface area contributed by atoms with Gasteiger partial charge >= 0.3 is 0 Å². The molecular formula is C18H19N5O3S. The lowest BCUT2D eigenvalue weighted by Gasteiger charge is -2.09. The van der Waals surface area contributed by atoms with E-state index in [2.05, 4.69) is 20.4 Å². The summed E-state index contributed by atoms with van der Waals surface area (Å²) in [4.78, 5) is 12.5. The van der Waals surface area contributed by atoms with Gasteiger partial charge in [0.25, 0.3) is 5.91 Å². The summed E-state index contributed by atoms with van der Waals surface area (Å²) < 4.78 is 28.0. The van der Waals surface area contributed by atoms with E-state index in [-0.39, 0.29) is 10.6 Å². The van der Waals surface area contributed by atoms with Gasteiger partial charge in [0.05, 0.1) is 17.6 Å². The van der Waals surface area contributed by atoms with Crippen molar-refractivity contribution >= 4 is 21.6 Å². The van der Waals surface area contributed by atoms with Crippen LogP contribution in [0.2, 0.25) is 0 Å². The number of sulfonamides is 1. The first-order valence-electron chi connectivity index (χ1n) is 8.18. The molecule has 9 heteroatoms. The van der Waals surface area contributed by atoms with Gasteiger partial charge < -0.3 is 5.32 Å². The average Bonchev–Trinajstić information content (AvgIpc) is 3.12. The molecule has 0 bridgehead atoms. The Kier molecular flexibility index (Phi) is 5.33. The van der Waals surface area contributed by atoms with Crippen LogP contribution >= 0.6 is 0 Å². The van der Waals surface area contributed by atoms with Gasteiger partial charge in [-0.3, -0.25) is 4.79 Å². The fourth-order valence-electron chi connectivity index (χ4n) is 2.52. The predicted molar refractivity (Wildman–Crippen MR) is 101 cm³/mol. The van der Waals surface area contributed by atoms with Crippen LogP contribution in [0.15, 0.2) is 59.6 Å². The summed E-state index contributed by atoms with van der Waals surface area (Å²) in [7, 11) is -2.28. The minimum Gasteiger partial charge on any atom is -0.321 e. The van der Waals surface area contributed by atoms with Gasteiger partial charge in [0.15, 0.2) is 5.69 Å². The van der Waals surface area contributed by atoms with Crippen LogP contribution in [0, 0.1) is 6.92 Å². The third-order valence-corrected chi connectivity index (χ3v) is 5.52. The van der Waals surface area contributed by atoms with Crippen molar-refractivity contribution < 1.29 is 13.2 Å². The van der Waals surface area contributed by atoms with Crippen molar-refractivity contribution in [1.29, 1.82) is 0 Å². The number of carbonyl (C=O) groups excluding carboxylic acids is 1. The van der Waals surface area contributed by atoms with Crippen LogP contribution in [0.25, 0.3) is 0 Å². The Morgan fingerprint density at radius 3 is 2.59 bits per heavy atom. The highest BCUT2D eigenvalue weighted by Crippen LogP contribution is 2.20. The first kappa shape index (κ1) is 18.7. The van der Waals surface area contributed by atoms with Gasteiger partial charge in [-0.2, -0.15) is 0 Å². The lowest BCUT2D eigenvalue weighted by molar-refractivity contribution is 0.102. The van der Waals surface area contributed by atoms with Crippen molar-refractivity contribution in [3.8, 4) is 0 Å². The van der Waals surface area contributed by atoms with Crippen LogP contribution in [-0.2, 0) is 16.6 Å². The van der Waals surface area contributed by atoms with Crippen molar-refractivity contribution in [2.24, 2.45) is 0 Å². The third kappa shape index (κ3) is 4.39. The van der Waals surface area contributed by atoms with Gasteiger partial charge in [0.2, 0.25) is 10.0 Å². The molecule has 1 heterocycles. The van der Waals surface area contributed by atoms with Gasteiger partial charge in [-0.1, -0.05) is 41.6 Å². The summed E-state index contributed by atoms with van der Waals surface area (Å²) in [6.45, 7) is 2.18. The number of aryl methyl sites for hydroxylation is 1. The lowest BCUT2D eigenvalue weighted by atomic mass is 10.2. The van der Waals surface area contributed by atoms with Crippen LogP contribution in [0.4, 0.5) is 5.69 Å². The quantitative estimate of drug-likeness (QED) is 0.673. The van der Waals surface area contributed by atoms with E-state index in [0.717, 1.165) is 5.56 Å². The topological polar surface area (TPSA) is 106 Å². The van der Waals surface area contributed by atoms with E-state index in [1.165, 1.54) is 13.1 Å². The second-order valence-corrected chi connectivity index (χ2v) is 7.78. The second-order valence-electron chi connectivity index (χ2n) is 5.93. The highest BCUT2D eigenvalue weighted by atomic mass is 32.2. The lowest BCUT2D eigenvalue weighted by Crippen LogP contribution is -2.20. The van der Waals surface area contributed by atoms with Gasteiger partial charge in [-0.15, -0.1) is 5.10 Å². The number of nitrogens with zero attached hydrogens (tertiary/aromatic N) is 3. The van der Waals surface area contributed by atoms with E-state index < -0.39 is 15.9 Å². The van der Waals surface area contributed by atoms with E-state index in [1.54, 1.807) is 29.9 Å². The molecule has 140 valence electrons.